The molecule has 0 nitrogen and oxygen atoms in total. The van der Waals surface area contributed by atoms with E-state index >= 15 is 0 Å². The van der Waals surface area contributed by atoms with Gasteiger partial charge in [0.1, 0.15) is 5.82 Å². The van der Waals surface area contributed by atoms with Crippen LogP contribution in [0, 0.1) is 9.39 Å². The molecule has 10 heavy (non-hydrogen) atoms. The SMILES string of the molecule is Fc1cc(Cl)ccc1I.[Zn]. The van der Waals surface area contributed by atoms with Crippen LogP contribution in [0.4, 0.5) is 4.39 Å². The van der Waals surface area contributed by atoms with E-state index in [0.717, 1.165) is 0 Å². The fraction of sp³-hybridized carbons (Fsp3) is 0. The van der Waals surface area contributed by atoms with Crippen LogP contribution in [0.2, 0.25) is 5.02 Å². The van der Waals surface area contributed by atoms with Gasteiger partial charge in [-0.25, -0.2) is 4.39 Å². The Morgan fingerprint density at radius 3 is 2.40 bits per heavy atom. The summed E-state index contributed by atoms with van der Waals surface area (Å²) in [5, 5.41) is 0.438. The van der Waals surface area contributed by atoms with Gasteiger partial charge >= 0.3 is 0 Å². The molecule has 0 atom stereocenters. The van der Waals surface area contributed by atoms with E-state index in [1.807, 2.05) is 22.6 Å². The summed E-state index contributed by atoms with van der Waals surface area (Å²) in [6.07, 6.45) is 0. The molecular weight excluding hydrogens is 319 g/mol. The average molecular weight is 322 g/mol. The van der Waals surface area contributed by atoms with Crippen LogP contribution in [0.3, 0.4) is 0 Å². The Kier molecular flexibility index (Phi) is 4.99. The van der Waals surface area contributed by atoms with Crippen molar-refractivity contribution in [2.45, 2.75) is 0 Å². The minimum absolute atomic E-state index is 0. The third-order valence-electron chi connectivity index (χ3n) is 0.882. The van der Waals surface area contributed by atoms with Crippen LogP contribution in [0.5, 0.6) is 0 Å². The van der Waals surface area contributed by atoms with Gasteiger partial charge in [0, 0.05) is 28.1 Å². The first kappa shape index (κ1) is 10.8. The molecule has 1 rings (SSSR count). The van der Waals surface area contributed by atoms with Crippen molar-refractivity contribution in [3.8, 4) is 0 Å². The van der Waals surface area contributed by atoms with Crippen LogP contribution in [0.15, 0.2) is 18.2 Å². The van der Waals surface area contributed by atoms with Crippen molar-refractivity contribution < 1.29 is 23.9 Å². The molecule has 50 valence electrons. The van der Waals surface area contributed by atoms with Crippen LogP contribution in [-0.4, -0.2) is 0 Å². The zero-order valence-corrected chi connectivity index (χ0v) is 11.0. The van der Waals surface area contributed by atoms with E-state index in [-0.39, 0.29) is 25.3 Å². The summed E-state index contributed by atoms with van der Waals surface area (Å²) in [5.41, 5.74) is 0. The Hall–Kier alpha value is 0.793. The second kappa shape index (κ2) is 4.63. The summed E-state index contributed by atoms with van der Waals surface area (Å²) in [7, 11) is 0. The molecule has 0 aromatic heterocycles. The summed E-state index contributed by atoms with van der Waals surface area (Å²) in [4.78, 5) is 0. The molecular formula is C6H3ClFIZn. The number of benzene rings is 1. The number of hydrogen-bond donors (Lipinski definition) is 0. The fourth-order valence-electron chi connectivity index (χ4n) is 0.470. The van der Waals surface area contributed by atoms with E-state index in [0.29, 0.717) is 8.59 Å². The van der Waals surface area contributed by atoms with Crippen molar-refractivity contribution in [2.24, 2.45) is 0 Å². The average Bonchev–Trinajstić information content (AvgIpc) is 1.80. The summed E-state index contributed by atoms with van der Waals surface area (Å²) in [6, 6.07) is 4.59. The van der Waals surface area contributed by atoms with Crippen molar-refractivity contribution in [1.82, 2.24) is 0 Å². The van der Waals surface area contributed by atoms with Crippen LogP contribution in [-0.2, 0) is 19.5 Å². The quantitative estimate of drug-likeness (QED) is 0.391. The predicted octanol–water partition coefficient (Wildman–Crippen LogP) is 3.08. The molecule has 0 amide bonds. The molecule has 1 aromatic rings. The van der Waals surface area contributed by atoms with Gasteiger partial charge in [0.05, 0.1) is 0 Å². The molecule has 0 radical (unpaired) electrons. The Morgan fingerprint density at radius 1 is 1.40 bits per heavy atom. The van der Waals surface area contributed by atoms with Crippen molar-refractivity contribution in [3.05, 3.63) is 32.6 Å². The first-order valence-corrected chi connectivity index (χ1v) is 3.76. The molecule has 0 saturated carbocycles. The molecule has 0 aliphatic carbocycles. The molecule has 0 aliphatic rings. The van der Waals surface area contributed by atoms with Crippen LogP contribution >= 0.6 is 34.2 Å². The van der Waals surface area contributed by atoms with Gasteiger partial charge in [0.15, 0.2) is 0 Å². The maximum absolute atomic E-state index is 12.5. The van der Waals surface area contributed by atoms with Gasteiger partial charge in [0.25, 0.3) is 0 Å². The van der Waals surface area contributed by atoms with Gasteiger partial charge in [-0.05, 0) is 40.8 Å². The summed E-state index contributed by atoms with van der Waals surface area (Å²) in [5.74, 6) is -0.261. The predicted molar refractivity (Wildman–Crippen MR) is 44.1 cm³/mol. The van der Waals surface area contributed by atoms with E-state index < -0.39 is 0 Å². The smallest absolute Gasteiger partial charge is 0.137 e. The topological polar surface area (TPSA) is 0 Å². The zero-order chi connectivity index (χ0) is 6.85. The molecule has 0 spiro atoms. The van der Waals surface area contributed by atoms with Crippen LogP contribution in [0.1, 0.15) is 0 Å². The van der Waals surface area contributed by atoms with Gasteiger partial charge in [-0.1, -0.05) is 11.6 Å². The number of hydrogen-bond acceptors (Lipinski definition) is 0. The molecule has 0 fully saturated rings. The van der Waals surface area contributed by atoms with Gasteiger partial charge in [0.2, 0.25) is 0 Å². The Labute approximate surface area is 90.0 Å². The Morgan fingerprint density at radius 2 is 2.00 bits per heavy atom. The minimum Gasteiger partial charge on any atom is -0.206 e. The van der Waals surface area contributed by atoms with E-state index in [4.69, 9.17) is 11.6 Å². The van der Waals surface area contributed by atoms with Crippen molar-refractivity contribution in [2.75, 3.05) is 0 Å². The van der Waals surface area contributed by atoms with Crippen molar-refractivity contribution in [3.63, 3.8) is 0 Å². The molecule has 0 saturated heterocycles. The van der Waals surface area contributed by atoms with Crippen LogP contribution in [0.25, 0.3) is 0 Å². The summed E-state index contributed by atoms with van der Waals surface area (Å²) in [6.45, 7) is 0. The maximum atomic E-state index is 12.5. The van der Waals surface area contributed by atoms with Crippen molar-refractivity contribution >= 4 is 34.2 Å². The third-order valence-corrected chi connectivity index (χ3v) is 1.99. The molecule has 0 heterocycles. The van der Waals surface area contributed by atoms with Gasteiger partial charge < -0.3 is 0 Å². The van der Waals surface area contributed by atoms with E-state index in [1.165, 1.54) is 6.07 Å². The Balaban J connectivity index is 0.000000810. The van der Waals surface area contributed by atoms with Crippen LogP contribution < -0.4 is 0 Å². The molecule has 0 bridgehead atoms. The van der Waals surface area contributed by atoms with E-state index in [9.17, 15) is 4.39 Å². The molecule has 1 aromatic carbocycles. The molecule has 0 aliphatic heterocycles. The van der Waals surface area contributed by atoms with E-state index in [2.05, 4.69) is 0 Å². The largest absolute Gasteiger partial charge is 0.206 e. The Bertz CT molecular complexity index is 229. The van der Waals surface area contributed by atoms with Gasteiger partial charge in [-0.3, -0.25) is 0 Å². The summed E-state index contributed by atoms with van der Waals surface area (Å²) >= 11 is 7.38. The van der Waals surface area contributed by atoms with Gasteiger partial charge in [-0.15, -0.1) is 0 Å². The first-order valence-electron chi connectivity index (χ1n) is 2.30. The molecule has 0 unspecified atom stereocenters. The number of rotatable bonds is 0. The zero-order valence-electron chi connectivity index (χ0n) is 5.07. The second-order valence-corrected chi connectivity index (χ2v) is 3.16. The van der Waals surface area contributed by atoms with E-state index in [1.54, 1.807) is 12.1 Å². The molecule has 4 heteroatoms. The third kappa shape index (κ3) is 2.81. The number of halogens is 3. The second-order valence-electron chi connectivity index (χ2n) is 1.56. The van der Waals surface area contributed by atoms with Crippen molar-refractivity contribution in [1.29, 1.82) is 0 Å². The maximum Gasteiger partial charge on any atom is 0.137 e. The standard InChI is InChI=1S/C6H3ClFI.Zn/c7-4-1-2-6(9)5(8)3-4;/h1-3H;. The first-order chi connectivity index (χ1) is 4.20. The fourth-order valence-corrected chi connectivity index (χ4v) is 0.965. The molecule has 0 N–H and O–H groups in total. The summed E-state index contributed by atoms with van der Waals surface area (Å²) < 4.78 is 13.1. The normalized spacial score (nSPS) is 8.70. The minimum atomic E-state index is -0.261. The monoisotopic (exact) mass is 320 g/mol. The van der Waals surface area contributed by atoms with Gasteiger partial charge in [-0.2, -0.15) is 0 Å².